The number of ether oxygens (including phenoxy) is 1. The van der Waals surface area contributed by atoms with E-state index in [9.17, 15) is 9.18 Å². The highest BCUT2D eigenvalue weighted by molar-refractivity contribution is 5.99. The summed E-state index contributed by atoms with van der Waals surface area (Å²) in [5.74, 6) is -0.0471. The quantitative estimate of drug-likeness (QED) is 0.681. The summed E-state index contributed by atoms with van der Waals surface area (Å²) in [6, 6.07) is 13.3. The molecule has 0 aliphatic carbocycles. The summed E-state index contributed by atoms with van der Waals surface area (Å²) in [7, 11) is 0. The largest absolute Gasteiger partial charge is 0.484 e. The lowest BCUT2D eigenvalue weighted by Gasteiger charge is -2.06. The Morgan fingerprint density at radius 3 is 2.41 bits per heavy atom. The minimum absolute atomic E-state index is 0.122. The Hall–Kier alpha value is -2.69. The normalized spacial score (nSPS) is 11.1. The number of hydrogen-bond donors (Lipinski definition) is 1. The zero-order chi connectivity index (χ0) is 15.9. The predicted octanol–water partition coefficient (Wildman–Crippen LogP) is 3.05. The summed E-state index contributed by atoms with van der Waals surface area (Å²) >= 11 is 0. The second-order valence-corrected chi connectivity index (χ2v) is 4.84. The van der Waals surface area contributed by atoms with Gasteiger partial charge < -0.3 is 4.74 Å². The first-order valence-corrected chi connectivity index (χ1v) is 6.83. The Morgan fingerprint density at radius 2 is 1.77 bits per heavy atom. The number of nitrogens with one attached hydrogen (secondary N) is 1. The van der Waals surface area contributed by atoms with Crippen LogP contribution in [0.4, 0.5) is 4.39 Å². The molecule has 0 saturated carbocycles. The molecule has 2 rings (SSSR count). The molecule has 5 heteroatoms. The van der Waals surface area contributed by atoms with E-state index in [0.29, 0.717) is 11.5 Å². The molecule has 4 nitrogen and oxygen atoms in total. The molecule has 0 saturated heterocycles. The first-order chi connectivity index (χ1) is 10.5. The number of halogens is 1. The maximum Gasteiger partial charge on any atom is 0.277 e. The maximum absolute atomic E-state index is 12.8. The van der Waals surface area contributed by atoms with Crippen molar-refractivity contribution in [1.82, 2.24) is 5.43 Å². The van der Waals surface area contributed by atoms with Gasteiger partial charge in [0.2, 0.25) is 0 Å². The van der Waals surface area contributed by atoms with Crippen LogP contribution < -0.4 is 10.2 Å². The Kier molecular flexibility index (Phi) is 5.25. The Labute approximate surface area is 128 Å². The number of amides is 1. The third-order valence-electron chi connectivity index (χ3n) is 3.00. The summed E-state index contributed by atoms with van der Waals surface area (Å²) in [4.78, 5) is 11.7. The summed E-state index contributed by atoms with van der Waals surface area (Å²) < 4.78 is 18.2. The van der Waals surface area contributed by atoms with Gasteiger partial charge >= 0.3 is 0 Å². The van der Waals surface area contributed by atoms with Crippen molar-refractivity contribution in [3.05, 3.63) is 65.5 Å². The smallest absolute Gasteiger partial charge is 0.277 e. The number of hydrogen-bond acceptors (Lipinski definition) is 3. The van der Waals surface area contributed by atoms with Gasteiger partial charge in [0.05, 0.1) is 5.71 Å². The number of hydrazone groups is 1. The molecule has 0 heterocycles. The predicted molar refractivity (Wildman–Crippen MR) is 83.4 cm³/mol. The fourth-order valence-electron chi connectivity index (χ4n) is 1.72. The van der Waals surface area contributed by atoms with Crippen LogP contribution in [0, 0.1) is 12.7 Å². The number of carbonyl (C=O) groups excluding carboxylic acids is 1. The van der Waals surface area contributed by atoms with Gasteiger partial charge in [0.25, 0.3) is 5.91 Å². The van der Waals surface area contributed by atoms with Crippen LogP contribution in [0.5, 0.6) is 5.75 Å². The molecule has 0 spiro atoms. The highest BCUT2D eigenvalue weighted by atomic mass is 19.1. The molecule has 0 aliphatic rings. The van der Waals surface area contributed by atoms with Crippen molar-refractivity contribution in [3.63, 3.8) is 0 Å². The van der Waals surface area contributed by atoms with Crippen LogP contribution in [0.2, 0.25) is 0 Å². The lowest BCUT2D eigenvalue weighted by Crippen LogP contribution is -2.25. The summed E-state index contributed by atoms with van der Waals surface area (Å²) in [6.07, 6.45) is 0. The first-order valence-electron chi connectivity index (χ1n) is 6.83. The van der Waals surface area contributed by atoms with Crippen LogP contribution in [0.3, 0.4) is 0 Å². The van der Waals surface area contributed by atoms with Crippen molar-refractivity contribution < 1.29 is 13.9 Å². The minimum Gasteiger partial charge on any atom is -0.484 e. The molecule has 0 fully saturated rings. The summed E-state index contributed by atoms with van der Waals surface area (Å²) in [6.45, 7) is 3.58. The highest BCUT2D eigenvalue weighted by Gasteiger charge is 2.03. The zero-order valence-corrected chi connectivity index (χ0v) is 12.5. The Morgan fingerprint density at radius 1 is 1.14 bits per heavy atom. The lowest BCUT2D eigenvalue weighted by atomic mass is 10.1. The number of aryl methyl sites for hydroxylation is 1. The van der Waals surface area contributed by atoms with Crippen LogP contribution in [-0.2, 0) is 4.79 Å². The molecule has 1 N–H and O–H groups in total. The monoisotopic (exact) mass is 300 g/mol. The van der Waals surface area contributed by atoms with Crippen LogP contribution in [0.15, 0.2) is 53.6 Å². The molecule has 0 aliphatic heterocycles. The van der Waals surface area contributed by atoms with Gasteiger partial charge in [-0.25, -0.2) is 9.82 Å². The van der Waals surface area contributed by atoms with Crippen LogP contribution >= 0.6 is 0 Å². The lowest BCUT2D eigenvalue weighted by molar-refractivity contribution is -0.123. The van der Waals surface area contributed by atoms with Crippen molar-refractivity contribution in [2.24, 2.45) is 5.10 Å². The fraction of sp³-hybridized carbons (Fsp3) is 0.176. The molecule has 0 bridgehead atoms. The van der Waals surface area contributed by atoms with Gasteiger partial charge in [0.15, 0.2) is 6.61 Å². The Balaban J connectivity index is 1.85. The van der Waals surface area contributed by atoms with E-state index in [4.69, 9.17) is 4.74 Å². The fourth-order valence-corrected chi connectivity index (χ4v) is 1.72. The van der Waals surface area contributed by atoms with Crippen LogP contribution in [-0.4, -0.2) is 18.2 Å². The van der Waals surface area contributed by atoms with E-state index in [0.717, 1.165) is 11.1 Å². The third-order valence-corrected chi connectivity index (χ3v) is 3.00. The van der Waals surface area contributed by atoms with Crippen LogP contribution in [0.25, 0.3) is 0 Å². The summed E-state index contributed by atoms with van der Waals surface area (Å²) in [5.41, 5.74) is 4.85. The van der Waals surface area contributed by atoms with Gasteiger partial charge in [-0.1, -0.05) is 29.8 Å². The van der Waals surface area contributed by atoms with E-state index in [1.165, 1.54) is 12.1 Å². The van der Waals surface area contributed by atoms with Gasteiger partial charge in [-0.3, -0.25) is 4.79 Å². The minimum atomic E-state index is -0.359. The standard InChI is InChI=1S/C17H17FN2O2/c1-12-3-9-16(10-4-12)22-11-17(21)20-19-13(2)14-5-7-15(18)8-6-14/h3-10H,11H2,1-2H3,(H,20,21)/b19-13+. The van der Waals surface area contributed by atoms with Crippen molar-refractivity contribution in [2.45, 2.75) is 13.8 Å². The number of benzene rings is 2. The SMILES string of the molecule is C/C(=N\NC(=O)COc1ccc(C)cc1)c1ccc(F)cc1. The van der Waals surface area contributed by atoms with Crippen molar-refractivity contribution in [3.8, 4) is 5.75 Å². The Bertz CT molecular complexity index is 664. The molecule has 22 heavy (non-hydrogen) atoms. The van der Waals surface area contributed by atoms with Crippen molar-refractivity contribution in [2.75, 3.05) is 6.61 Å². The van der Waals surface area contributed by atoms with Gasteiger partial charge in [-0.15, -0.1) is 0 Å². The van der Waals surface area contributed by atoms with E-state index in [1.807, 2.05) is 19.1 Å². The van der Waals surface area contributed by atoms with Crippen molar-refractivity contribution >= 4 is 11.6 Å². The molecule has 1 amide bonds. The molecular formula is C17H17FN2O2. The average molecular weight is 300 g/mol. The zero-order valence-electron chi connectivity index (χ0n) is 12.5. The van der Waals surface area contributed by atoms with E-state index >= 15 is 0 Å². The number of rotatable bonds is 5. The molecule has 0 atom stereocenters. The second kappa shape index (κ2) is 7.36. The highest BCUT2D eigenvalue weighted by Crippen LogP contribution is 2.10. The van der Waals surface area contributed by atoms with Gasteiger partial charge in [-0.05, 0) is 43.7 Å². The van der Waals surface area contributed by atoms with E-state index in [2.05, 4.69) is 10.5 Å². The maximum atomic E-state index is 12.8. The van der Waals surface area contributed by atoms with E-state index in [1.54, 1.807) is 31.2 Å². The van der Waals surface area contributed by atoms with Crippen LogP contribution in [0.1, 0.15) is 18.1 Å². The molecule has 2 aromatic rings. The second-order valence-electron chi connectivity index (χ2n) is 4.84. The molecule has 0 aromatic heterocycles. The average Bonchev–Trinajstić information content (AvgIpc) is 2.52. The van der Waals surface area contributed by atoms with E-state index in [-0.39, 0.29) is 18.3 Å². The molecule has 0 unspecified atom stereocenters. The third kappa shape index (κ3) is 4.70. The van der Waals surface area contributed by atoms with E-state index < -0.39 is 0 Å². The van der Waals surface area contributed by atoms with Gasteiger partial charge in [0.1, 0.15) is 11.6 Å². The number of nitrogens with zero attached hydrogens (tertiary/aromatic N) is 1. The topological polar surface area (TPSA) is 50.7 Å². The van der Waals surface area contributed by atoms with Crippen molar-refractivity contribution in [1.29, 1.82) is 0 Å². The first kappa shape index (κ1) is 15.7. The van der Waals surface area contributed by atoms with Gasteiger partial charge in [0, 0.05) is 0 Å². The molecule has 114 valence electrons. The molecular weight excluding hydrogens is 283 g/mol. The number of carbonyl (C=O) groups is 1. The summed E-state index contributed by atoms with van der Waals surface area (Å²) in [5, 5.41) is 3.97. The van der Waals surface area contributed by atoms with Gasteiger partial charge in [-0.2, -0.15) is 5.10 Å². The molecule has 0 radical (unpaired) electrons. The molecule has 2 aromatic carbocycles.